The fourth-order valence-corrected chi connectivity index (χ4v) is 0.705. The van der Waals surface area contributed by atoms with Crippen molar-refractivity contribution in [2.45, 2.75) is 6.54 Å². The zero-order valence-corrected chi connectivity index (χ0v) is 6.73. The lowest BCUT2D eigenvalue weighted by molar-refractivity contribution is 0.0995. The molecule has 6 nitrogen and oxygen atoms in total. The van der Waals surface area contributed by atoms with Crippen LogP contribution in [0.25, 0.3) is 0 Å². The van der Waals surface area contributed by atoms with Gasteiger partial charge in [0.2, 0.25) is 0 Å². The standard InChI is InChI=1S/C6H10N4O2/c1-12-3-2-10-4-5(6(7)11)8-9-10/h4H,2-3H2,1H3,(H2,7,11). The summed E-state index contributed by atoms with van der Waals surface area (Å²) in [5, 5.41) is 7.21. The fourth-order valence-electron chi connectivity index (χ4n) is 0.705. The lowest BCUT2D eigenvalue weighted by Crippen LogP contribution is -2.11. The average molecular weight is 170 g/mol. The van der Waals surface area contributed by atoms with E-state index in [1.54, 1.807) is 7.11 Å². The van der Waals surface area contributed by atoms with Crippen molar-refractivity contribution in [2.24, 2.45) is 5.73 Å². The van der Waals surface area contributed by atoms with Gasteiger partial charge in [0.25, 0.3) is 5.91 Å². The van der Waals surface area contributed by atoms with Gasteiger partial charge < -0.3 is 10.5 Å². The Balaban J connectivity index is 2.58. The Hall–Kier alpha value is -1.43. The molecule has 0 aliphatic rings. The normalized spacial score (nSPS) is 10.1. The Labute approximate surface area is 69.3 Å². The highest BCUT2D eigenvalue weighted by atomic mass is 16.5. The fraction of sp³-hybridized carbons (Fsp3) is 0.500. The summed E-state index contributed by atoms with van der Waals surface area (Å²) in [6.45, 7) is 1.10. The highest BCUT2D eigenvalue weighted by Crippen LogP contribution is 1.90. The number of aromatic nitrogens is 3. The molecule has 2 N–H and O–H groups in total. The molecule has 1 amide bonds. The number of primary amides is 1. The molecular weight excluding hydrogens is 160 g/mol. The van der Waals surface area contributed by atoms with Crippen LogP contribution in [0.15, 0.2) is 6.20 Å². The minimum absolute atomic E-state index is 0.172. The lowest BCUT2D eigenvalue weighted by Gasteiger charge is -1.96. The molecule has 1 aromatic heterocycles. The molecule has 0 saturated carbocycles. The summed E-state index contributed by atoms with van der Waals surface area (Å²) >= 11 is 0. The predicted molar refractivity (Wildman–Crippen MR) is 40.4 cm³/mol. The van der Waals surface area contributed by atoms with Crippen molar-refractivity contribution >= 4 is 5.91 Å². The van der Waals surface area contributed by atoms with Gasteiger partial charge in [-0.1, -0.05) is 5.21 Å². The maximum Gasteiger partial charge on any atom is 0.270 e. The van der Waals surface area contributed by atoms with E-state index in [2.05, 4.69) is 10.3 Å². The number of carbonyl (C=O) groups excluding carboxylic acids is 1. The molecule has 12 heavy (non-hydrogen) atoms. The van der Waals surface area contributed by atoms with Crippen molar-refractivity contribution in [3.05, 3.63) is 11.9 Å². The Bertz CT molecular complexity index is 270. The summed E-state index contributed by atoms with van der Waals surface area (Å²) < 4.78 is 6.31. The lowest BCUT2D eigenvalue weighted by atomic mass is 10.5. The summed E-state index contributed by atoms with van der Waals surface area (Å²) in [7, 11) is 1.59. The molecule has 0 unspecified atom stereocenters. The highest BCUT2D eigenvalue weighted by molar-refractivity contribution is 5.90. The van der Waals surface area contributed by atoms with Crippen LogP contribution in [0, 0.1) is 0 Å². The second-order valence-corrected chi connectivity index (χ2v) is 2.22. The van der Waals surface area contributed by atoms with Gasteiger partial charge in [0.1, 0.15) is 0 Å². The molecule has 0 fully saturated rings. The first kappa shape index (κ1) is 8.66. The average Bonchev–Trinajstić information content (AvgIpc) is 2.48. The molecule has 0 bridgehead atoms. The van der Waals surface area contributed by atoms with Crippen molar-refractivity contribution in [1.82, 2.24) is 15.0 Å². The van der Waals surface area contributed by atoms with Crippen LogP contribution in [0.5, 0.6) is 0 Å². The first-order valence-corrected chi connectivity index (χ1v) is 3.43. The van der Waals surface area contributed by atoms with Crippen molar-refractivity contribution in [3.8, 4) is 0 Å². The third-order valence-electron chi connectivity index (χ3n) is 1.32. The topological polar surface area (TPSA) is 83.0 Å². The van der Waals surface area contributed by atoms with Gasteiger partial charge >= 0.3 is 0 Å². The molecule has 1 heterocycles. The van der Waals surface area contributed by atoms with Gasteiger partial charge in [-0.15, -0.1) is 5.10 Å². The van der Waals surface area contributed by atoms with Gasteiger partial charge in [-0.2, -0.15) is 0 Å². The third-order valence-corrected chi connectivity index (χ3v) is 1.32. The quantitative estimate of drug-likeness (QED) is 0.629. The molecule has 6 heteroatoms. The van der Waals surface area contributed by atoms with Crippen LogP contribution in [0.1, 0.15) is 10.5 Å². The van der Waals surface area contributed by atoms with E-state index in [1.807, 2.05) is 0 Å². The molecule has 1 rings (SSSR count). The van der Waals surface area contributed by atoms with Crippen LogP contribution in [0.3, 0.4) is 0 Å². The Morgan fingerprint density at radius 1 is 1.83 bits per heavy atom. The van der Waals surface area contributed by atoms with Crippen molar-refractivity contribution in [3.63, 3.8) is 0 Å². The van der Waals surface area contributed by atoms with Crippen molar-refractivity contribution in [2.75, 3.05) is 13.7 Å². The molecule has 0 spiro atoms. The Kier molecular flexibility index (Phi) is 2.76. The molecular formula is C6H10N4O2. The summed E-state index contributed by atoms with van der Waals surface area (Å²) in [5.74, 6) is -0.571. The number of rotatable bonds is 4. The van der Waals surface area contributed by atoms with E-state index in [4.69, 9.17) is 10.5 Å². The summed E-state index contributed by atoms with van der Waals surface area (Å²) in [6.07, 6.45) is 1.49. The number of amides is 1. The van der Waals surface area contributed by atoms with Gasteiger partial charge in [0, 0.05) is 7.11 Å². The van der Waals surface area contributed by atoms with E-state index in [0.717, 1.165) is 0 Å². The molecule has 0 aliphatic carbocycles. The summed E-state index contributed by atoms with van der Waals surface area (Å²) in [4.78, 5) is 10.6. The zero-order valence-electron chi connectivity index (χ0n) is 6.73. The van der Waals surface area contributed by atoms with Crippen LogP contribution in [-0.4, -0.2) is 34.6 Å². The molecule has 1 aromatic rings. The highest BCUT2D eigenvalue weighted by Gasteiger charge is 2.04. The first-order chi connectivity index (χ1) is 5.74. The number of hydrogen-bond acceptors (Lipinski definition) is 4. The molecule has 0 aliphatic heterocycles. The molecule has 0 radical (unpaired) electrons. The maximum absolute atomic E-state index is 10.6. The number of hydrogen-bond donors (Lipinski definition) is 1. The number of ether oxygens (including phenoxy) is 1. The van der Waals surface area contributed by atoms with E-state index in [-0.39, 0.29) is 5.69 Å². The number of methoxy groups -OCH3 is 1. The van der Waals surface area contributed by atoms with E-state index in [1.165, 1.54) is 10.9 Å². The van der Waals surface area contributed by atoms with E-state index in [9.17, 15) is 4.79 Å². The third kappa shape index (κ3) is 2.03. The van der Waals surface area contributed by atoms with Crippen LogP contribution in [-0.2, 0) is 11.3 Å². The molecule has 0 atom stereocenters. The van der Waals surface area contributed by atoms with Gasteiger partial charge in [-0.3, -0.25) is 4.79 Å². The largest absolute Gasteiger partial charge is 0.383 e. The van der Waals surface area contributed by atoms with E-state index < -0.39 is 5.91 Å². The number of nitrogens with two attached hydrogens (primary N) is 1. The summed E-state index contributed by atoms with van der Waals surface area (Å²) in [5.41, 5.74) is 5.14. The van der Waals surface area contributed by atoms with Crippen LogP contribution >= 0.6 is 0 Å². The SMILES string of the molecule is COCCn1cc(C(N)=O)nn1. The van der Waals surface area contributed by atoms with Crippen molar-refractivity contribution < 1.29 is 9.53 Å². The second-order valence-electron chi connectivity index (χ2n) is 2.22. The number of nitrogens with zero attached hydrogens (tertiary/aromatic N) is 3. The van der Waals surface area contributed by atoms with Gasteiger partial charge in [-0.25, -0.2) is 4.68 Å². The number of carbonyl (C=O) groups is 1. The van der Waals surface area contributed by atoms with Crippen LogP contribution < -0.4 is 5.73 Å². The van der Waals surface area contributed by atoms with Gasteiger partial charge in [-0.05, 0) is 0 Å². The van der Waals surface area contributed by atoms with E-state index >= 15 is 0 Å². The van der Waals surface area contributed by atoms with Gasteiger partial charge in [0.15, 0.2) is 5.69 Å². The minimum Gasteiger partial charge on any atom is -0.383 e. The van der Waals surface area contributed by atoms with E-state index in [0.29, 0.717) is 13.2 Å². The molecule has 66 valence electrons. The Morgan fingerprint density at radius 3 is 3.08 bits per heavy atom. The molecule has 0 saturated heterocycles. The smallest absolute Gasteiger partial charge is 0.270 e. The second kappa shape index (κ2) is 3.82. The maximum atomic E-state index is 10.6. The van der Waals surface area contributed by atoms with Gasteiger partial charge in [0.05, 0.1) is 19.3 Å². The monoisotopic (exact) mass is 170 g/mol. The molecule has 0 aromatic carbocycles. The predicted octanol–water partition coefficient (Wildman–Crippen LogP) is -0.977. The zero-order chi connectivity index (χ0) is 8.97. The Morgan fingerprint density at radius 2 is 2.58 bits per heavy atom. The summed E-state index contributed by atoms with van der Waals surface area (Å²) in [6, 6.07) is 0. The minimum atomic E-state index is -0.571. The van der Waals surface area contributed by atoms with Crippen LogP contribution in [0.2, 0.25) is 0 Å². The first-order valence-electron chi connectivity index (χ1n) is 3.43. The van der Waals surface area contributed by atoms with Crippen molar-refractivity contribution in [1.29, 1.82) is 0 Å². The van der Waals surface area contributed by atoms with Crippen LogP contribution in [0.4, 0.5) is 0 Å².